The van der Waals surface area contributed by atoms with Crippen LogP contribution in [-0.4, -0.2) is 12.0 Å². The zero-order chi connectivity index (χ0) is 24.4. The fraction of sp³-hybridized carbons (Fsp3) is 0.409. The standard InChI is InChI=1S/C22H19F6N3O2/c1-12(14-9-15(21(23,24)25)11-16(10-14)22(26,27)28)33-18-8-7-17(20(32)30-31-29)19(18)13-5-3-2-4-6-13/h2-6,9-12,17-19H,7-8H2,1H3. The Balaban J connectivity index is 1.94. The van der Waals surface area contributed by atoms with Crippen molar-refractivity contribution in [1.29, 1.82) is 0 Å². The predicted octanol–water partition coefficient (Wildman–Crippen LogP) is 7.20. The van der Waals surface area contributed by atoms with Crippen molar-refractivity contribution < 1.29 is 35.9 Å². The third-order valence-electron chi connectivity index (χ3n) is 5.70. The monoisotopic (exact) mass is 471 g/mol. The van der Waals surface area contributed by atoms with Crippen LogP contribution in [0.15, 0.2) is 53.6 Å². The summed E-state index contributed by atoms with van der Waals surface area (Å²) in [6.07, 6.45) is -11.1. The first-order valence-corrected chi connectivity index (χ1v) is 10.0. The molecule has 0 heterocycles. The van der Waals surface area contributed by atoms with Gasteiger partial charge in [0.1, 0.15) is 0 Å². The predicted molar refractivity (Wildman–Crippen MR) is 106 cm³/mol. The molecule has 0 aromatic heterocycles. The normalized spacial score (nSPS) is 22.0. The number of hydrogen-bond acceptors (Lipinski definition) is 2. The average molecular weight is 471 g/mol. The molecule has 1 aliphatic carbocycles. The topological polar surface area (TPSA) is 75.1 Å². The fourth-order valence-electron chi connectivity index (χ4n) is 4.19. The van der Waals surface area contributed by atoms with Gasteiger partial charge in [-0.25, -0.2) is 0 Å². The molecule has 4 atom stereocenters. The highest BCUT2D eigenvalue weighted by Crippen LogP contribution is 2.45. The van der Waals surface area contributed by atoms with Gasteiger partial charge < -0.3 is 4.74 Å². The number of alkyl halides is 6. The first kappa shape index (κ1) is 24.6. The molecule has 0 saturated heterocycles. The van der Waals surface area contributed by atoms with Crippen molar-refractivity contribution >= 4 is 5.91 Å². The number of hydrogen-bond donors (Lipinski definition) is 0. The second-order valence-corrected chi connectivity index (χ2v) is 7.80. The van der Waals surface area contributed by atoms with E-state index in [-0.39, 0.29) is 11.6 Å². The highest BCUT2D eigenvalue weighted by atomic mass is 19.4. The molecular formula is C22H19F6N3O2. The van der Waals surface area contributed by atoms with Crippen LogP contribution in [0.3, 0.4) is 0 Å². The summed E-state index contributed by atoms with van der Waals surface area (Å²) < 4.78 is 85.2. The lowest BCUT2D eigenvalue weighted by atomic mass is 9.87. The van der Waals surface area contributed by atoms with Gasteiger partial charge in [0.05, 0.1) is 23.3 Å². The summed E-state index contributed by atoms with van der Waals surface area (Å²) in [7, 11) is 0. The molecule has 1 saturated carbocycles. The van der Waals surface area contributed by atoms with Crippen molar-refractivity contribution in [3.05, 3.63) is 81.2 Å². The molecule has 176 valence electrons. The maximum Gasteiger partial charge on any atom is 0.416 e. The molecule has 5 nitrogen and oxygen atoms in total. The van der Waals surface area contributed by atoms with E-state index in [1.807, 2.05) is 0 Å². The minimum Gasteiger partial charge on any atom is -0.370 e. The fourth-order valence-corrected chi connectivity index (χ4v) is 4.19. The lowest BCUT2D eigenvalue weighted by molar-refractivity contribution is -0.143. The maximum absolute atomic E-state index is 13.2. The van der Waals surface area contributed by atoms with Gasteiger partial charge in [0, 0.05) is 16.7 Å². The lowest BCUT2D eigenvalue weighted by Crippen LogP contribution is -2.25. The van der Waals surface area contributed by atoms with Crippen LogP contribution in [0.5, 0.6) is 0 Å². The van der Waals surface area contributed by atoms with Crippen LogP contribution in [0, 0.1) is 5.92 Å². The number of ether oxygens (including phenoxy) is 1. The van der Waals surface area contributed by atoms with Gasteiger partial charge in [-0.3, -0.25) is 4.79 Å². The number of nitrogens with zero attached hydrogens (tertiary/aromatic N) is 3. The summed E-state index contributed by atoms with van der Waals surface area (Å²) in [5.41, 5.74) is 6.18. The van der Waals surface area contributed by atoms with Crippen LogP contribution < -0.4 is 0 Å². The van der Waals surface area contributed by atoms with Gasteiger partial charge in [0.2, 0.25) is 5.91 Å². The average Bonchev–Trinajstić information content (AvgIpc) is 3.16. The Morgan fingerprint density at radius 1 is 1.03 bits per heavy atom. The van der Waals surface area contributed by atoms with E-state index in [0.717, 1.165) is 0 Å². The summed E-state index contributed by atoms with van der Waals surface area (Å²) in [5, 5.41) is 3.17. The number of carbonyl (C=O) groups excluding carboxylic acids is 1. The van der Waals surface area contributed by atoms with Crippen molar-refractivity contribution in [2.75, 3.05) is 0 Å². The molecule has 1 amide bonds. The summed E-state index contributed by atoms with van der Waals surface area (Å²) in [6.45, 7) is 1.36. The molecular weight excluding hydrogens is 452 g/mol. The molecule has 11 heteroatoms. The minimum atomic E-state index is -4.97. The Hall–Kier alpha value is -3.04. The van der Waals surface area contributed by atoms with E-state index in [1.165, 1.54) is 6.92 Å². The number of carbonyl (C=O) groups is 1. The van der Waals surface area contributed by atoms with Crippen LogP contribution >= 0.6 is 0 Å². The van der Waals surface area contributed by atoms with Gasteiger partial charge in [0.15, 0.2) is 0 Å². The van der Waals surface area contributed by atoms with Crippen molar-refractivity contribution in [2.24, 2.45) is 11.0 Å². The zero-order valence-corrected chi connectivity index (χ0v) is 17.3. The SMILES string of the molecule is CC(OC1CCC(C(=O)N=[N+]=[N-])C1c1ccccc1)c1cc(C(F)(F)F)cc(C(F)(F)F)c1. The maximum atomic E-state index is 13.2. The molecule has 1 aliphatic rings. The molecule has 0 N–H and O–H groups in total. The van der Waals surface area contributed by atoms with E-state index in [4.69, 9.17) is 10.3 Å². The zero-order valence-electron chi connectivity index (χ0n) is 17.3. The van der Waals surface area contributed by atoms with E-state index in [1.54, 1.807) is 30.3 Å². The molecule has 0 radical (unpaired) electrons. The molecule has 0 aliphatic heterocycles. The van der Waals surface area contributed by atoms with Crippen LogP contribution in [-0.2, 0) is 21.9 Å². The van der Waals surface area contributed by atoms with Gasteiger partial charge in [0.25, 0.3) is 0 Å². The molecule has 4 unspecified atom stereocenters. The molecule has 2 aromatic rings. The van der Waals surface area contributed by atoms with E-state index < -0.39 is 53.4 Å². The number of amides is 1. The Kier molecular flexibility index (Phi) is 7.04. The minimum absolute atomic E-state index is 0.0627. The summed E-state index contributed by atoms with van der Waals surface area (Å²) >= 11 is 0. The second-order valence-electron chi connectivity index (χ2n) is 7.80. The molecule has 0 spiro atoms. The van der Waals surface area contributed by atoms with E-state index in [2.05, 4.69) is 10.0 Å². The van der Waals surface area contributed by atoms with Crippen LogP contribution in [0.25, 0.3) is 10.4 Å². The van der Waals surface area contributed by atoms with E-state index >= 15 is 0 Å². The van der Waals surface area contributed by atoms with Crippen LogP contribution in [0.4, 0.5) is 26.3 Å². The summed E-state index contributed by atoms with van der Waals surface area (Å²) in [6, 6.07) is 10.0. The highest BCUT2D eigenvalue weighted by molar-refractivity contribution is 5.81. The lowest BCUT2D eigenvalue weighted by Gasteiger charge is -2.28. The third-order valence-corrected chi connectivity index (χ3v) is 5.70. The number of azide groups is 1. The van der Waals surface area contributed by atoms with Gasteiger partial charge in [-0.1, -0.05) is 30.3 Å². The highest BCUT2D eigenvalue weighted by Gasteiger charge is 2.43. The Morgan fingerprint density at radius 3 is 2.12 bits per heavy atom. The largest absolute Gasteiger partial charge is 0.416 e. The van der Waals surface area contributed by atoms with Gasteiger partial charge >= 0.3 is 12.4 Å². The summed E-state index contributed by atoms with van der Waals surface area (Å²) in [4.78, 5) is 14.8. The van der Waals surface area contributed by atoms with E-state index in [9.17, 15) is 31.1 Å². The van der Waals surface area contributed by atoms with Crippen molar-refractivity contribution in [1.82, 2.24) is 0 Å². The smallest absolute Gasteiger partial charge is 0.370 e. The number of benzene rings is 2. The van der Waals surface area contributed by atoms with Crippen molar-refractivity contribution in [2.45, 2.75) is 50.2 Å². The van der Waals surface area contributed by atoms with Crippen molar-refractivity contribution in [3.8, 4) is 0 Å². The molecule has 33 heavy (non-hydrogen) atoms. The molecule has 2 aromatic carbocycles. The first-order valence-electron chi connectivity index (χ1n) is 10.0. The Bertz CT molecular complexity index is 1020. The Labute approximate surface area is 185 Å². The van der Waals surface area contributed by atoms with Crippen LogP contribution in [0.2, 0.25) is 0 Å². The third kappa shape index (κ3) is 5.66. The molecule has 0 bridgehead atoms. The molecule has 1 fully saturated rings. The summed E-state index contributed by atoms with van der Waals surface area (Å²) in [5.74, 6) is -1.98. The van der Waals surface area contributed by atoms with Gasteiger partial charge in [-0.15, -0.1) is 0 Å². The number of rotatable bonds is 5. The van der Waals surface area contributed by atoms with Crippen LogP contribution in [0.1, 0.15) is 54.0 Å². The van der Waals surface area contributed by atoms with Crippen molar-refractivity contribution in [3.63, 3.8) is 0 Å². The first-order chi connectivity index (χ1) is 15.4. The second kappa shape index (κ2) is 9.44. The number of halogens is 6. The molecule has 3 rings (SSSR count). The van der Waals surface area contributed by atoms with Gasteiger partial charge in [-0.2, -0.15) is 26.3 Å². The van der Waals surface area contributed by atoms with Gasteiger partial charge in [-0.05, 0) is 59.7 Å². The quantitative estimate of drug-likeness (QED) is 0.200. The van der Waals surface area contributed by atoms with E-state index in [0.29, 0.717) is 30.5 Å². The Morgan fingerprint density at radius 2 is 1.61 bits per heavy atom.